The van der Waals surface area contributed by atoms with Crippen LogP contribution in [0.2, 0.25) is 0 Å². The Hall–Kier alpha value is -3.02. The Bertz CT molecular complexity index is 884. The summed E-state index contributed by atoms with van der Waals surface area (Å²) in [6, 6.07) is 6.34. The van der Waals surface area contributed by atoms with Crippen molar-refractivity contribution in [1.29, 1.82) is 0 Å². The van der Waals surface area contributed by atoms with E-state index in [2.05, 4.69) is 15.3 Å². The van der Waals surface area contributed by atoms with E-state index in [1.807, 2.05) is 19.9 Å². The number of benzene rings is 1. The molecule has 0 aliphatic heterocycles. The normalized spacial score (nSPS) is 11.1. The predicted molar refractivity (Wildman–Crippen MR) is 87.9 cm³/mol. The van der Waals surface area contributed by atoms with Gasteiger partial charge in [0.2, 0.25) is 0 Å². The largest absolute Gasteiger partial charge is 0.508 e. The van der Waals surface area contributed by atoms with Crippen molar-refractivity contribution >= 4 is 22.6 Å². The standard InChI is InChI=1S/C17H17N3O3/c1-9(2)12-6-13(15(22)7-14(12)21)17(23)20-11-5-10-3-4-18-16(10)19-8-11/h3-9,21-22H,1-2H3,(H,18,19)(H,20,23). The second kappa shape index (κ2) is 5.64. The lowest BCUT2D eigenvalue weighted by molar-refractivity contribution is 0.102. The molecule has 0 aliphatic rings. The van der Waals surface area contributed by atoms with Gasteiger partial charge in [-0.3, -0.25) is 4.79 Å². The molecule has 0 fully saturated rings. The second-order valence-electron chi connectivity index (χ2n) is 5.68. The Balaban J connectivity index is 1.92. The van der Waals surface area contributed by atoms with Gasteiger partial charge in [0.1, 0.15) is 17.1 Å². The first-order chi connectivity index (χ1) is 11.0. The fourth-order valence-corrected chi connectivity index (χ4v) is 2.44. The minimum absolute atomic E-state index is 0.0236. The first kappa shape index (κ1) is 14.9. The molecule has 118 valence electrons. The van der Waals surface area contributed by atoms with Crippen LogP contribution in [0, 0.1) is 0 Å². The molecule has 0 aliphatic carbocycles. The van der Waals surface area contributed by atoms with Gasteiger partial charge in [-0.15, -0.1) is 0 Å². The fraction of sp³-hybridized carbons (Fsp3) is 0.176. The Labute approximate surface area is 132 Å². The summed E-state index contributed by atoms with van der Waals surface area (Å²) in [4.78, 5) is 19.6. The summed E-state index contributed by atoms with van der Waals surface area (Å²) in [5, 5.41) is 23.4. The molecule has 23 heavy (non-hydrogen) atoms. The minimum Gasteiger partial charge on any atom is -0.508 e. The number of rotatable bonds is 3. The number of amides is 1. The molecule has 0 unspecified atom stereocenters. The Morgan fingerprint density at radius 3 is 2.74 bits per heavy atom. The maximum absolute atomic E-state index is 12.4. The maximum atomic E-state index is 12.4. The molecule has 1 amide bonds. The van der Waals surface area contributed by atoms with E-state index in [1.165, 1.54) is 18.3 Å². The molecule has 2 heterocycles. The molecule has 4 N–H and O–H groups in total. The van der Waals surface area contributed by atoms with Crippen molar-refractivity contribution in [2.75, 3.05) is 5.32 Å². The van der Waals surface area contributed by atoms with E-state index in [4.69, 9.17) is 0 Å². The van der Waals surface area contributed by atoms with Gasteiger partial charge in [-0.25, -0.2) is 4.98 Å². The maximum Gasteiger partial charge on any atom is 0.259 e. The molecule has 3 rings (SSSR count). The molecular formula is C17H17N3O3. The van der Waals surface area contributed by atoms with Gasteiger partial charge in [0.05, 0.1) is 17.4 Å². The van der Waals surface area contributed by atoms with Crippen molar-refractivity contribution in [3.8, 4) is 11.5 Å². The third-order valence-corrected chi connectivity index (χ3v) is 3.67. The van der Waals surface area contributed by atoms with Gasteiger partial charge >= 0.3 is 0 Å². The molecule has 2 aromatic heterocycles. The molecule has 0 saturated heterocycles. The number of fused-ring (bicyclic) bond motifs is 1. The zero-order valence-corrected chi connectivity index (χ0v) is 12.8. The van der Waals surface area contributed by atoms with Crippen molar-refractivity contribution in [2.24, 2.45) is 0 Å². The number of anilines is 1. The third-order valence-electron chi connectivity index (χ3n) is 3.67. The molecule has 6 nitrogen and oxygen atoms in total. The first-order valence-corrected chi connectivity index (χ1v) is 7.26. The van der Waals surface area contributed by atoms with Gasteiger partial charge in [0, 0.05) is 17.6 Å². The minimum atomic E-state index is -0.457. The molecule has 0 bridgehead atoms. The molecule has 6 heteroatoms. The number of nitrogens with one attached hydrogen (secondary N) is 2. The van der Waals surface area contributed by atoms with Crippen LogP contribution in [0.4, 0.5) is 5.69 Å². The van der Waals surface area contributed by atoms with E-state index in [1.54, 1.807) is 12.3 Å². The molecular weight excluding hydrogens is 294 g/mol. The second-order valence-corrected chi connectivity index (χ2v) is 5.68. The van der Waals surface area contributed by atoms with Crippen LogP contribution >= 0.6 is 0 Å². The van der Waals surface area contributed by atoms with Crippen LogP contribution in [0.15, 0.2) is 36.7 Å². The Kier molecular flexibility index (Phi) is 3.65. The van der Waals surface area contributed by atoms with Crippen LogP contribution in [0.5, 0.6) is 11.5 Å². The predicted octanol–water partition coefficient (Wildman–Crippen LogP) is 3.35. The van der Waals surface area contributed by atoms with Gasteiger partial charge in [0.25, 0.3) is 5.91 Å². The zero-order valence-electron chi connectivity index (χ0n) is 12.8. The quantitative estimate of drug-likeness (QED) is 0.596. The lowest BCUT2D eigenvalue weighted by atomic mass is 9.98. The van der Waals surface area contributed by atoms with Crippen LogP contribution in [0.25, 0.3) is 11.0 Å². The van der Waals surface area contributed by atoms with Gasteiger partial charge in [0.15, 0.2) is 0 Å². The molecule has 3 aromatic rings. The number of carbonyl (C=O) groups is 1. The lowest BCUT2D eigenvalue weighted by Gasteiger charge is -2.12. The van der Waals surface area contributed by atoms with Crippen molar-refractivity contribution in [2.45, 2.75) is 19.8 Å². The van der Waals surface area contributed by atoms with E-state index < -0.39 is 5.91 Å². The SMILES string of the molecule is CC(C)c1cc(C(=O)Nc2cnc3[nH]ccc3c2)c(O)cc1O. The molecule has 0 saturated carbocycles. The summed E-state index contributed by atoms with van der Waals surface area (Å²) in [6.07, 6.45) is 3.31. The summed E-state index contributed by atoms with van der Waals surface area (Å²) < 4.78 is 0. The number of aromatic nitrogens is 2. The monoisotopic (exact) mass is 311 g/mol. The van der Waals surface area contributed by atoms with Crippen molar-refractivity contribution in [3.05, 3.63) is 47.8 Å². The number of phenols is 2. The summed E-state index contributed by atoms with van der Waals surface area (Å²) >= 11 is 0. The Morgan fingerprint density at radius 2 is 2.00 bits per heavy atom. The number of nitrogens with zero attached hydrogens (tertiary/aromatic N) is 1. The van der Waals surface area contributed by atoms with E-state index >= 15 is 0 Å². The van der Waals surface area contributed by atoms with E-state index in [0.717, 1.165) is 11.0 Å². The number of H-pyrrole nitrogens is 1. The van der Waals surface area contributed by atoms with Crippen LogP contribution in [0.1, 0.15) is 35.7 Å². The summed E-state index contributed by atoms with van der Waals surface area (Å²) in [7, 11) is 0. The molecule has 0 radical (unpaired) electrons. The summed E-state index contributed by atoms with van der Waals surface area (Å²) in [6.45, 7) is 3.80. The number of phenolic OH excluding ortho intramolecular Hbond substituents is 2. The van der Waals surface area contributed by atoms with Crippen molar-refractivity contribution in [3.63, 3.8) is 0 Å². The number of carbonyl (C=O) groups excluding carboxylic acids is 1. The van der Waals surface area contributed by atoms with Crippen LogP contribution in [0.3, 0.4) is 0 Å². The highest BCUT2D eigenvalue weighted by atomic mass is 16.3. The van der Waals surface area contributed by atoms with Crippen molar-refractivity contribution < 1.29 is 15.0 Å². The van der Waals surface area contributed by atoms with Gasteiger partial charge in [-0.1, -0.05) is 13.8 Å². The van der Waals surface area contributed by atoms with E-state index in [9.17, 15) is 15.0 Å². The number of hydrogen-bond acceptors (Lipinski definition) is 4. The van der Waals surface area contributed by atoms with Gasteiger partial charge in [-0.2, -0.15) is 0 Å². The highest BCUT2D eigenvalue weighted by Gasteiger charge is 2.17. The highest BCUT2D eigenvalue weighted by molar-refractivity contribution is 6.06. The Morgan fingerprint density at radius 1 is 1.22 bits per heavy atom. The zero-order chi connectivity index (χ0) is 16.6. The van der Waals surface area contributed by atoms with E-state index in [0.29, 0.717) is 11.3 Å². The lowest BCUT2D eigenvalue weighted by Crippen LogP contribution is -2.13. The van der Waals surface area contributed by atoms with E-state index in [-0.39, 0.29) is 23.0 Å². The summed E-state index contributed by atoms with van der Waals surface area (Å²) in [5.41, 5.74) is 1.98. The highest BCUT2D eigenvalue weighted by Crippen LogP contribution is 2.32. The molecule has 0 atom stereocenters. The van der Waals surface area contributed by atoms with Gasteiger partial charge in [-0.05, 0) is 29.7 Å². The topological polar surface area (TPSA) is 98.2 Å². The number of pyridine rings is 1. The number of aromatic amines is 1. The van der Waals surface area contributed by atoms with Gasteiger partial charge < -0.3 is 20.5 Å². The smallest absolute Gasteiger partial charge is 0.259 e. The fourth-order valence-electron chi connectivity index (χ4n) is 2.44. The average molecular weight is 311 g/mol. The third kappa shape index (κ3) is 2.83. The molecule has 0 spiro atoms. The molecule has 1 aromatic carbocycles. The first-order valence-electron chi connectivity index (χ1n) is 7.26. The number of hydrogen-bond donors (Lipinski definition) is 4. The van der Waals surface area contributed by atoms with Crippen molar-refractivity contribution in [1.82, 2.24) is 9.97 Å². The van der Waals surface area contributed by atoms with Crippen LogP contribution in [-0.2, 0) is 0 Å². The summed E-state index contributed by atoms with van der Waals surface area (Å²) in [5.74, 6) is -0.717. The number of aromatic hydroxyl groups is 2. The average Bonchev–Trinajstić information content (AvgIpc) is 2.94. The van der Waals surface area contributed by atoms with Crippen LogP contribution < -0.4 is 5.32 Å². The van der Waals surface area contributed by atoms with Crippen LogP contribution in [-0.4, -0.2) is 26.1 Å².